The molecule has 4 nitrogen and oxygen atoms in total. The second-order valence-electron chi connectivity index (χ2n) is 5.52. The van der Waals surface area contributed by atoms with Gasteiger partial charge in [-0.3, -0.25) is 10.1 Å². The van der Waals surface area contributed by atoms with E-state index in [2.05, 4.69) is 53.1 Å². The molecule has 0 aliphatic rings. The summed E-state index contributed by atoms with van der Waals surface area (Å²) in [4.78, 5) is 6.87. The molecule has 0 unspecified atom stereocenters. The van der Waals surface area contributed by atoms with Gasteiger partial charge in [0, 0.05) is 17.9 Å². The van der Waals surface area contributed by atoms with Crippen molar-refractivity contribution in [3.8, 4) is 0 Å². The topological polar surface area (TPSA) is 44.8 Å². The predicted molar refractivity (Wildman–Crippen MR) is 81.7 cm³/mol. The minimum absolute atomic E-state index is 0.908. The van der Waals surface area contributed by atoms with E-state index in [0.29, 0.717) is 0 Å². The Hall–Kier alpha value is -1.68. The maximum absolute atomic E-state index is 4.54. The number of nitrogens with zero attached hydrogens (tertiary/aromatic N) is 3. The van der Waals surface area contributed by atoms with Crippen molar-refractivity contribution in [1.29, 1.82) is 0 Å². The van der Waals surface area contributed by atoms with Gasteiger partial charge in [-0.15, -0.1) is 0 Å². The van der Waals surface area contributed by atoms with Gasteiger partial charge in [0.2, 0.25) is 0 Å². The second-order valence-corrected chi connectivity index (χ2v) is 5.52. The van der Waals surface area contributed by atoms with Crippen molar-refractivity contribution in [1.82, 2.24) is 20.1 Å². The molecule has 1 N–H and O–H groups in total. The molecule has 0 aliphatic heterocycles. The van der Waals surface area contributed by atoms with Crippen molar-refractivity contribution in [2.24, 2.45) is 0 Å². The molecular formula is C16H24N4. The van der Waals surface area contributed by atoms with Crippen LogP contribution >= 0.6 is 0 Å². The molecule has 0 amide bonds. The zero-order chi connectivity index (χ0) is 14.5. The molecule has 0 spiro atoms. The number of aromatic amines is 1. The van der Waals surface area contributed by atoms with Gasteiger partial charge in [0.05, 0.1) is 11.4 Å². The first-order valence-electron chi connectivity index (χ1n) is 7.18. The molecule has 0 saturated heterocycles. The average molecular weight is 272 g/mol. The minimum atomic E-state index is 0.908. The molecule has 0 atom stereocenters. The van der Waals surface area contributed by atoms with Gasteiger partial charge in [-0.2, -0.15) is 5.10 Å². The molecule has 20 heavy (non-hydrogen) atoms. The third kappa shape index (κ3) is 3.90. The van der Waals surface area contributed by atoms with Crippen molar-refractivity contribution in [3.05, 3.63) is 46.5 Å². The lowest BCUT2D eigenvalue weighted by molar-refractivity contribution is 0.318. The van der Waals surface area contributed by atoms with Crippen molar-refractivity contribution < 1.29 is 0 Å². The zero-order valence-electron chi connectivity index (χ0n) is 12.9. The van der Waals surface area contributed by atoms with Crippen LogP contribution in [-0.2, 0) is 13.0 Å². The highest BCUT2D eigenvalue weighted by molar-refractivity contribution is 5.23. The van der Waals surface area contributed by atoms with Crippen molar-refractivity contribution in [2.45, 2.75) is 40.2 Å². The van der Waals surface area contributed by atoms with Crippen LogP contribution in [0.1, 0.15) is 34.8 Å². The molecule has 108 valence electrons. The summed E-state index contributed by atoms with van der Waals surface area (Å²) in [5.74, 6) is 0. The van der Waals surface area contributed by atoms with Crippen molar-refractivity contribution in [3.63, 3.8) is 0 Å². The van der Waals surface area contributed by atoms with E-state index in [0.717, 1.165) is 43.0 Å². The van der Waals surface area contributed by atoms with Crippen LogP contribution < -0.4 is 0 Å². The lowest BCUT2D eigenvalue weighted by Crippen LogP contribution is -2.20. The lowest BCUT2D eigenvalue weighted by Gasteiger charge is -2.16. The van der Waals surface area contributed by atoms with Crippen LogP contribution in [0.2, 0.25) is 0 Å². The van der Waals surface area contributed by atoms with Gasteiger partial charge in [-0.1, -0.05) is 6.07 Å². The smallest absolute Gasteiger partial charge is 0.0625 e. The Labute approximate surface area is 121 Å². The quantitative estimate of drug-likeness (QED) is 0.879. The van der Waals surface area contributed by atoms with Crippen molar-refractivity contribution >= 4 is 0 Å². The zero-order valence-corrected chi connectivity index (χ0v) is 12.9. The predicted octanol–water partition coefficient (Wildman–Crippen LogP) is 2.79. The molecule has 0 radical (unpaired) electrons. The summed E-state index contributed by atoms with van der Waals surface area (Å²) in [5, 5.41) is 7.29. The first kappa shape index (κ1) is 14.7. The van der Waals surface area contributed by atoms with Crippen LogP contribution in [0.15, 0.2) is 18.2 Å². The minimum Gasteiger partial charge on any atom is -0.301 e. The van der Waals surface area contributed by atoms with E-state index in [1.54, 1.807) is 0 Å². The van der Waals surface area contributed by atoms with E-state index < -0.39 is 0 Å². The second kappa shape index (κ2) is 6.66. The van der Waals surface area contributed by atoms with Crippen LogP contribution in [0, 0.1) is 20.8 Å². The van der Waals surface area contributed by atoms with E-state index in [-0.39, 0.29) is 0 Å². The fourth-order valence-electron chi connectivity index (χ4n) is 2.51. The summed E-state index contributed by atoms with van der Waals surface area (Å²) < 4.78 is 0. The van der Waals surface area contributed by atoms with Crippen LogP contribution in [-0.4, -0.2) is 33.7 Å². The largest absolute Gasteiger partial charge is 0.301 e. The molecule has 0 aromatic carbocycles. The van der Waals surface area contributed by atoms with Gasteiger partial charge in [0.1, 0.15) is 0 Å². The van der Waals surface area contributed by atoms with Gasteiger partial charge >= 0.3 is 0 Å². The Morgan fingerprint density at radius 1 is 1.20 bits per heavy atom. The summed E-state index contributed by atoms with van der Waals surface area (Å²) in [5.41, 5.74) is 5.92. The normalized spacial score (nSPS) is 11.2. The summed E-state index contributed by atoms with van der Waals surface area (Å²) in [6.45, 7) is 8.17. The first-order valence-corrected chi connectivity index (χ1v) is 7.18. The van der Waals surface area contributed by atoms with Gasteiger partial charge in [0.15, 0.2) is 0 Å². The molecule has 0 saturated carbocycles. The van der Waals surface area contributed by atoms with Crippen molar-refractivity contribution in [2.75, 3.05) is 13.6 Å². The highest BCUT2D eigenvalue weighted by Gasteiger charge is 2.07. The molecule has 0 aliphatic carbocycles. The lowest BCUT2D eigenvalue weighted by atomic mass is 10.1. The first-order chi connectivity index (χ1) is 9.56. The van der Waals surface area contributed by atoms with E-state index in [1.807, 2.05) is 13.0 Å². The third-order valence-corrected chi connectivity index (χ3v) is 3.63. The van der Waals surface area contributed by atoms with Crippen LogP contribution in [0.5, 0.6) is 0 Å². The standard InChI is InChI=1S/C16H24N4/c1-12-7-5-8-15(17-12)11-20(4)10-6-9-16-13(2)18-19-14(16)3/h5,7-8H,6,9-11H2,1-4H3,(H,18,19). The van der Waals surface area contributed by atoms with Crippen LogP contribution in [0.4, 0.5) is 0 Å². The molecular weight excluding hydrogens is 248 g/mol. The number of aromatic nitrogens is 3. The SMILES string of the molecule is Cc1cccc(CN(C)CCCc2c(C)n[nH]c2C)n1. The fraction of sp³-hybridized carbons (Fsp3) is 0.500. The van der Waals surface area contributed by atoms with Gasteiger partial charge in [-0.25, -0.2) is 0 Å². The molecule has 2 rings (SSSR count). The third-order valence-electron chi connectivity index (χ3n) is 3.63. The number of rotatable bonds is 6. The molecule has 2 aromatic rings. The maximum atomic E-state index is 4.54. The Kier molecular flexibility index (Phi) is 4.90. The van der Waals surface area contributed by atoms with E-state index in [9.17, 15) is 0 Å². The summed E-state index contributed by atoms with van der Waals surface area (Å²) in [6.07, 6.45) is 2.23. The summed E-state index contributed by atoms with van der Waals surface area (Å²) in [7, 11) is 2.15. The van der Waals surface area contributed by atoms with Gasteiger partial charge in [-0.05, 0) is 64.9 Å². The van der Waals surface area contributed by atoms with Gasteiger partial charge < -0.3 is 4.90 Å². The molecule has 2 heterocycles. The number of pyridine rings is 1. The average Bonchev–Trinajstić information content (AvgIpc) is 2.70. The molecule has 4 heteroatoms. The Balaban J connectivity index is 1.79. The van der Waals surface area contributed by atoms with Gasteiger partial charge in [0.25, 0.3) is 0 Å². The maximum Gasteiger partial charge on any atom is 0.0625 e. The highest BCUT2D eigenvalue weighted by Crippen LogP contribution is 2.12. The van der Waals surface area contributed by atoms with Crippen LogP contribution in [0.25, 0.3) is 0 Å². The summed E-state index contributed by atoms with van der Waals surface area (Å²) >= 11 is 0. The van der Waals surface area contributed by atoms with E-state index >= 15 is 0 Å². The number of aryl methyl sites for hydroxylation is 3. The number of hydrogen-bond donors (Lipinski definition) is 1. The number of hydrogen-bond acceptors (Lipinski definition) is 3. The van der Waals surface area contributed by atoms with E-state index in [1.165, 1.54) is 11.3 Å². The van der Waals surface area contributed by atoms with Crippen LogP contribution in [0.3, 0.4) is 0 Å². The van der Waals surface area contributed by atoms with E-state index in [4.69, 9.17) is 0 Å². The monoisotopic (exact) mass is 272 g/mol. The molecule has 0 fully saturated rings. The number of H-pyrrole nitrogens is 1. The molecule has 2 aromatic heterocycles. The highest BCUT2D eigenvalue weighted by atomic mass is 15.1. The Morgan fingerprint density at radius 3 is 2.65 bits per heavy atom. The molecule has 0 bridgehead atoms. The Morgan fingerprint density at radius 2 is 2.00 bits per heavy atom. The summed E-state index contributed by atoms with van der Waals surface area (Å²) in [6, 6.07) is 6.20. The Bertz CT molecular complexity index is 540. The number of nitrogens with one attached hydrogen (secondary N) is 1. The fourth-order valence-corrected chi connectivity index (χ4v) is 2.51.